The summed E-state index contributed by atoms with van der Waals surface area (Å²) in [6.07, 6.45) is 4.79. The number of aromatic nitrogens is 2. The molecule has 0 saturated carbocycles. The number of rotatable bonds is 3. The van der Waals surface area contributed by atoms with Gasteiger partial charge in [-0.3, -0.25) is 0 Å². The number of fused-ring (bicyclic) bond motifs is 2. The minimum absolute atomic E-state index is 0.0562. The Labute approximate surface area is 128 Å². The second-order valence-electron chi connectivity index (χ2n) is 5.25. The lowest BCUT2D eigenvalue weighted by Gasteiger charge is -2.24. The van der Waals surface area contributed by atoms with E-state index in [1.807, 2.05) is 54.6 Å². The SMILES string of the molecule is C(=CC1COc2ccccc2O1)Cc1nc2ccccc2[nH]1. The van der Waals surface area contributed by atoms with Crippen LogP contribution in [0.4, 0.5) is 0 Å². The highest BCUT2D eigenvalue weighted by atomic mass is 16.6. The van der Waals surface area contributed by atoms with Crippen molar-refractivity contribution in [3.8, 4) is 11.5 Å². The molecule has 2 aromatic carbocycles. The number of allylic oxidation sites excluding steroid dienone is 1. The molecule has 0 bridgehead atoms. The number of para-hydroxylation sites is 4. The summed E-state index contributed by atoms with van der Waals surface area (Å²) in [5.41, 5.74) is 2.06. The fraction of sp³-hybridized carbons (Fsp3) is 0.167. The molecule has 1 aliphatic heterocycles. The molecule has 1 atom stereocenters. The maximum Gasteiger partial charge on any atom is 0.162 e. The molecular weight excluding hydrogens is 276 g/mol. The van der Waals surface area contributed by atoms with E-state index in [0.29, 0.717) is 6.61 Å². The maximum absolute atomic E-state index is 5.89. The monoisotopic (exact) mass is 292 g/mol. The van der Waals surface area contributed by atoms with Crippen molar-refractivity contribution in [1.82, 2.24) is 9.97 Å². The van der Waals surface area contributed by atoms with Crippen LogP contribution in [0, 0.1) is 0 Å². The Morgan fingerprint density at radius 1 is 1.09 bits per heavy atom. The highest BCUT2D eigenvalue weighted by Crippen LogP contribution is 2.31. The Balaban J connectivity index is 1.42. The second kappa shape index (κ2) is 5.56. The van der Waals surface area contributed by atoms with Gasteiger partial charge < -0.3 is 14.5 Å². The predicted molar refractivity (Wildman–Crippen MR) is 85.3 cm³/mol. The third kappa shape index (κ3) is 2.55. The molecule has 4 heteroatoms. The number of imidazole rings is 1. The number of nitrogens with one attached hydrogen (secondary N) is 1. The average Bonchev–Trinajstić information content (AvgIpc) is 2.97. The van der Waals surface area contributed by atoms with Gasteiger partial charge in [-0.2, -0.15) is 0 Å². The Hall–Kier alpha value is -2.75. The van der Waals surface area contributed by atoms with Gasteiger partial charge in [0.05, 0.1) is 11.0 Å². The number of aromatic amines is 1. The van der Waals surface area contributed by atoms with Gasteiger partial charge in [-0.05, 0) is 30.3 Å². The molecule has 0 spiro atoms. The first-order chi connectivity index (χ1) is 10.9. The van der Waals surface area contributed by atoms with E-state index in [1.165, 1.54) is 0 Å². The smallest absolute Gasteiger partial charge is 0.162 e. The lowest BCUT2D eigenvalue weighted by atomic mass is 10.2. The Morgan fingerprint density at radius 3 is 2.82 bits per heavy atom. The fourth-order valence-electron chi connectivity index (χ4n) is 2.56. The van der Waals surface area contributed by atoms with E-state index in [-0.39, 0.29) is 6.10 Å². The molecule has 3 aromatic rings. The van der Waals surface area contributed by atoms with Crippen LogP contribution in [0.2, 0.25) is 0 Å². The van der Waals surface area contributed by atoms with Gasteiger partial charge >= 0.3 is 0 Å². The van der Waals surface area contributed by atoms with Crippen molar-refractivity contribution in [3.05, 3.63) is 66.5 Å². The quantitative estimate of drug-likeness (QED) is 0.752. The van der Waals surface area contributed by atoms with Crippen LogP contribution in [0.3, 0.4) is 0 Å². The number of H-pyrrole nitrogens is 1. The molecule has 0 radical (unpaired) electrons. The van der Waals surface area contributed by atoms with Crippen LogP contribution in [0.5, 0.6) is 11.5 Å². The summed E-state index contributed by atoms with van der Waals surface area (Å²) in [5.74, 6) is 2.56. The van der Waals surface area contributed by atoms with Crippen LogP contribution in [0.1, 0.15) is 5.82 Å². The molecule has 22 heavy (non-hydrogen) atoms. The van der Waals surface area contributed by atoms with Gasteiger partial charge in [0.15, 0.2) is 17.6 Å². The average molecular weight is 292 g/mol. The zero-order valence-electron chi connectivity index (χ0n) is 12.0. The largest absolute Gasteiger partial charge is 0.485 e. The van der Waals surface area contributed by atoms with E-state index in [4.69, 9.17) is 9.47 Å². The van der Waals surface area contributed by atoms with E-state index in [0.717, 1.165) is 34.8 Å². The van der Waals surface area contributed by atoms with Crippen molar-refractivity contribution in [2.45, 2.75) is 12.5 Å². The normalized spacial score (nSPS) is 17.2. The molecule has 1 aliphatic rings. The molecule has 1 aromatic heterocycles. The van der Waals surface area contributed by atoms with E-state index < -0.39 is 0 Å². The molecule has 4 rings (SSSR count). The Bertz CT molecular complexity index is 790. The summed E-state index contributed by atoms with van der Waals surface area (Å²) < 4.78 is 11.6. The van der Waals surface area contributed by atoms with Crippen molar-refractivity contribution in [2.75, 3.05) is 6.61 Å². The van der Waals surface area contributed by atoms with Gasteiger partial charge in [-0.15, -0.1) is 0 Å². The lowest BCUT2D eigenvalue weighted by Crippen LogP contribution is -2.26. The number of hydrogen-bond acceptors (Lipinski definition) is 3. The van der Waals surface area contributed by atoms with E-state index in [9.17, 15) is 0 Å². The highest BCUT2D eigenvalue weighted by molar-refractivity contribution is 5.74. The fourth-order valence-corrected chi connectivity index (χ4v) is 2.56. The first-order valence-electron chi connectivity index (χ1n) is 7.37. The molecule has 1 unspecified atom stereocenters. The number of nitrogens with zero attached hydrogens (tertiary/aromatic N) is 1. The standard InChI is InChI=1S/C18H16N2O2/c1-2-8-15-14(7-1)19-18(20-15)11-5-6-13-12-21-16-9-3-4-10-17(16)22-13/h1-10,13H,11-12H2,(H,19,20). The Kier molecular flexibility index (Phi) is 3.27. The highest BCUT2D eigenvalue weighted by Gasteiger charge is 2.17. The van der Waals surface area contributed by atoms with Crippen LogP contribution in [0.25, 0.3) is 11.0 Å². The summed E-state index contributed by atoms with van der Waals surface area (Å²) >= 11 is 0. The molecule has 0 aliphatic carbocycles. The minimum Gasteiger partial charge on any atom is -0.485 e. The summed E-state index contributed by atoms with van der Waals surface area (Å²) in [4.78, 5) is 7.87. The zero-order valence-corrected chi connectivity index (χ0v) is 12.0. The molecule has 2 heterocycles. The molecule has 0 amide bonds. The van der Waals surface area contributed by atoms with E-state index in [2.05, 4.69) is 16.0 Å². The summed E-state index contributed by atoms with van der Waals surface area (Å²) in [7, 11) is 0. The molecule has 1 N–H and O–H groups in total. The second-order valence-corrected chi connectivity index (χ2v) is 5.25. The summed E-state index contributed by atoms with van der Waals surface area (Å²) in [5, 5.41) is 0. The topological polar surface area (TPSA) is 47.1 Å². The van der Waals surface area contributed by atoms with Crippen molar-refractivity contribution >= 4 is 11.0 Å². The van der Waals surface area contributed by atoms with Crippen LogP contribution in [0.15, 0.2) is 60.7 Å². The number of ether oxygens (including phenoxy) is 2. The third-order valence-corrected chi connectivity index (χ3v) is 3.63. The number of hydrogen-bond donors (Lipinski definition) is 1. The lowest BCUT2D eigenvalue weighted by molar-refractivity contribution is 0.123. The van der Waals surface area contributed by atoms with E-state index in [1.54, 1.807) is 0 Å². The first kappa shape index (κ1) is 13.0. The van der Waals surface area contributed by atoms with Crippen molar-refractivity contribution in [1.29, 1.82) is 0 Å². The third-order valence-electron chi connectivity index (χ3n) is 3.63. The molecule has 0 fully saturated rings. The number of benzene rings is 2. The van der Waals surface area contributed by atoms with Gasteiger partial charge in [0.1, 0.15) is 12.4 Å². The molecular formula is C18H16N2O2. The maximum atomic E-state index is 5.89. The van der Waals surface area contributed by atoms with Gasteiger partial charge in [-0.25, -0.2) is 4.98 Å². The zero-order chi connectivity index (χ0) is 14.8. The van der Waals surface area contributed by atoms with Gasteiger partial charge in [0.2, 0.25) is 0 Å². The minimum atomic E-state index is -0.0562. The Morgan fingerprint density at radius 2 is 1.91 bits per heavy atom. The summed E-state index contributed by atoms with van der Waals surface area (Å²) in [6.45, 7) is 0.535. The molecule has 110 valence electrons. The van der Waals surface area contributed by atoms with Crippen LogP contribution in [-0.4, -0.2) is 22.7 Å². The van der Waals surface area contributed by atoms with E-state index >= 15 is 0 Å². The van der Waals surface area contributed by atoms with Crippen molar-refractivity contribution in [3.63, 3.8) is 0 Å². The van der Waals surface area contributed by atoms with Gasteiger partial charge in [0.25, 0.3) is 0 Å². The van der Waals surface area contributed by atoms with Crippen LogP contribution in [-0.2, 0) is 6.42 Å². The first-order valence-corrected chi connectivity index (χ1v) is 7.37. The van der Waals surface area contributed by atoms with Gasteiger partial charge in [-0.1, -0.05) is 30.3 Å². The van der Waals surface area contributed by atoms with Crippen molar-refractivity contribution < 1.29 is 9.47 Å². The molecule has 0 saturated heterocycles. The van der Waals surface area contributed by atoms with Crippen LogP contribution >= 0.6 is 0 Å². The predicted octanol–water partition coefficient (Wildman–Crippen LogP) is 3.50. The van der Waals surface area contributed by atoms with Crippen LogP contribution < -0.4 is 9.47 Å². The summed E-state index contributed by atoms with van der Waals surface area (Å²) in [6, 6.07) is 15.8. The van der Waals surface area contributed by atoms with Crippen molar-refractivity contribution in [2.24, 2.45) is 0 Å². The van der Waals surface area contributed by atoms with Gasteiger partial charge in [0, 0.05) is 6.42 Å². The molecule has 4 nitrogen and oxygen atoms in total.